The monoisotopic (exact) mass is 561 g/mol. The summed E-state index contributed by atoms with van der Waals surface area (Å²) in [6.45, 7) is 1.99. The van der Waals surface area contributed by atoms with Gasteiger partial charge in [0.2, 0.25) is 5.95 Å². The van der Waals surface area contributed by atoms with E-state index in [2.05, 4.69) is 36.8 Å². The minimum absolute atomic E-state index is 0.0671. The summed E-state index contributed by atoms with van der Waals surface area (Å²) < 4.78 is 24.5. The van der Waals surface area contributed by atoms with E-state index in [9.17, 15) is 14.3 Å². The zero-order chi connectivity index (χ0) is 27.8. The highest BCUT2D eigenvalue weighted by Gasteiger charge is 2.15. The standard InChI is InChI=1S/C25H25N8O4SSi/c1-36-23-9-18(24(34)30-15-38(2)35)6-7-21(23)32-25-28-11-20(12-29-25)17-4-5-19(10-26)22(8-17)37-39(3)16-33-14-27-13-31-33/h4-9,11-14H,15-16H2,1-3H3,(H,30,34)(H,28,29,32)/t38-/m0/s1. The molecule has 39 heavy (non-hydrogen) atoms. The number of rotatable bonds is 11. The number of amides is 1. The van der Waals surface area contributed by atoms with Gasteiger partial charge >= 0.3 is 0 Å². The maximum Gasteiger partial charge on any atom is 0.300 e. The van der Waals surface area contributed by atoms with Crippen molar-refractivity contribution in [3.8, 4) is 28.7 Å². The van der Waals surface area contributed by atoms with Crippen molar-refractivity contribution in [2.45, 2.75) is 12.7 Å². The molecule has 0 fully saturated rings. The van der Waals surface area contributed by atoms with Gasteiger partial charge in [-0.1, -0.05) is 6.07 Å². The number of nitrogens with zero attached hydrogens (tertiary/aromatic N) is 6. The van der Waals surface area contributed by atoms with Crippen LogP contribution >= 0.6 is 0 Å². The first-order valence-corrected chi connectivity index (χ1v) is 15.4. The third-order valence-corrected chi connectivity index (χ3v) is 7.26. The maximum atomic E-state index is 12.3. The predicted octanol–water partition coefficient (Wildman–Crippen LogP) is 2.66. The van der Waals surface area contributed by atoms with Gasteiger partial charge in [-0.2, -0.15) is 10.4 Å². The van der Waals surface area contributed by atoms with Crippen molar-refractivity contribution >= 4 is 37.4 Å². The van der Waals surface area contributed by atoms with Gasteiger partial charge in [0, 0.05) is 40.6 Å². The third kappa shape index (κ3) is 7.24. The molecule has 14 heteroatoms. The van der Waals surface area contributed by atoms with Crippen LogP contribution < -0.4 is 19.8 Å². The Bertz CT molecular complexity index is 1510. The number of carbonyl (C=O) groups is 1. The molecular formula is C25H25N8O4SSi. The van der Waals surface area contributed by atoms with E-state index in [-0.39, 0.29) is 11.8 Å². The van der Waals surface area contributed by atoms with Crippen LogP contribution in [0.1, 0.15) is 15.9 Å². The molecule has 1 amide bonds. The van der Waals surface area contributed by atoms with E-state index in [1.54, 1.807) is 53.7 Å². The zero-order valence-corrected chi connectivity index (χ0v) is 23.2. The number of methoxy groups -OCH3 is 1. The van der Waals surface area contributed by atoms with E-state index in [0.29, 0.717) is 40.4 Å². The molecule has 2 heterocycles. The highest BCUT2D eigenvalue weighted by Crippen LogP contribution is 2.30. The average Bonchev–Trinajstić information content (AvgIpc) is 3.45. The molecule has 4 rings (SSSR count). The molecule has 0 bridgehead atoms. The number of hydrogen-bond acceptors (Lipinski definition) is 10. The smallest absolute Gasteiger partial charge is 0.300 e. The number of ether oxygens (including phenoxy) is 1. The minimum atomic E-state index is -1.34. The minimum Gasteiger partial charge on any atom is -0.539 e. The first-order valence-electron chi connectivity index (χ1n) is 11.6. The van der Waals surface area contributed by atoms with Gasteiger partial charge in [0.1, 0.15) is 30.2 Å². The molecule has 2 aromatic heterocycles. The molecule has 0 spiro atoms. The summed E-state index contributed by atoms with van der Waals surface area (Å²) in [5, 5.41) is 19.3. The van der Waals surface area contributed by atoms with Gasteiger partial charge < -0.3 is 19.8 Å². The molecule has 12 nitrogen and oxygen atoms in total. The maximum absolute atomic E-state index is 12.3. The number of nitrogens with one attached hydrogen (secondary N) is 2. The normalized spacial score (nSPS) is 11.5. The number of anilines is 2. The van der Waals surface area contributed by atoms with E-state index < -0.39 is 19.8 Å². The highest BCUT2D eigenvalue weighted by atomic mass is 32.2. The molecule has 0 saturated heterocycles. The van der Waals surface area contributed by atoms with Gasteiger partial charge in [-0.15, -0.1) is 0 Å². The molecule has 4 aromatic rings. The summed E-state index contributed by atoms with van der Waals surface area (Å²) in [6.07, 6.45) is 8.51. The predicted molar refractivity (Wildman–Crippen MR) is 147 cm³/mol. The SMILES string of the molecule is COc1cc(C(=O)NC[S@](C)=O)ccc1Nc1ncc(-c2ccc(C#N)c(O[Si](C)Cn3cncn3)c2)cn1. The van der Waals surface area contributed by atoms with Gasteiger partial charge in [-0.05, 0) is 42.4 Å². The Hall–Kier alpha value is -4.61. The number of hydrogen-bond donors (Lipinski definition) is 2. The molecule has 0 saturated carbocycles. The molecular weight excluding hydrogens is 536 g/mol. The van der Waals surface area contributed by atoms with Crippen LogP contribution in [0, 0.1) is 11.3 Å². The molecule has 1 radical (unpaired) electrons. The van der Waals surface area contributed by atoms with Crippen LogP contribution in [0.2, 0.25) is 6.55 Å². The summed E-state index contributed by atoms with van der Waals surface area (Å²) >= 11 is 0. The van der Waals surface area contributed by atoms with Crippen molar-refractivity contribution in [3.63, 3.8) is 0 Å². The van der Waals surface area contributed by atoms with Gasteiger partial charge in [0.25, 0.3) is 14.9 Å². The van der Waals surface area contributed by atoms with Crippen molar-refractivity contribution in [2.24, 2.45) is 0 Å². The molecule has 0 unspecified atom stereocenters. The summed E-state index contributed by atoms with van der Waals surface area (Å²) in [5.74, 6) is 0.957. The molecule has 2 aromatic carbocycles. The fourth-order valence-electron chi connectivity index (χ4n) is 3.51. The van der Waals surface area contributed by atoms with E-state index in [1.165, 1.54) is 19.7 Å². The van der Waals surface area contributed by atoms with Gasteiger partial charge in [0.05, 0.1) is 30.4 Å². The summed E-state index contributed by atoms with van der Waals surface area (Å²) in [5.41, 5.74) is 2.92. The highest BCUT2D eigenvalue weighted by molar-refractivity contribution is 7.84. The lowest BCUT2D eigenvalue weighted by molar-refractivity contribution is 0.0960. The zero-order valence-electron chi connectivity index (χ0n) is 21.4. The van der Waals surface area contributed by atoms with Crippen LogP contribution in [0.5, 0.6) is 11.5 Å². The molecule has 2 N–H and O–H groups in total. The number of carbonyl (C=O) groups excluding carboxylic acids is 1. The molecule has 0 aliphatic carbocycles. The Morgan fingerprint density at radius 1 is 1.15 bits per heavy atom. The van der Waals surface area contributed by atoms with Crippen LogP contribution in [-0.4, -0.2) is 63.1 Å². The summed E-state index contributed by atoms with van der Waals surface area (Å²) in [7, 11) is -0.991. The second kappa shape index (κ2) is 12.8. The van der Waals surface area contributed by atoms with Crippen molar-refractivity contribution < 1.29 is 18.2 Å². The summed E-state index contributed by atoms with van der Waals surface area (Å²) in [4.78, 5) is 25.0. The fraction of sp³-hybridized carbons (Fsp3) is 0.200. The van der Waals surface area contributed by atoms with E-state index in [0.717, 1.165) is 11.1 Å². The Kier molecular flexibility index (Phi) is 8.97. The molecule has 199 valence electrons. The van der Waals surface area contributed by atoms with Gasteiger partial charge in [-0.3, -0.25) is 13.7 Å². The van der Waals surface area contributed by atoms with Crippen LogP contribution in [0.15, 0.2) is 61.4 Å². The van der Waals surface area contributed by atoms with Gasteiger partial charge in [-0.25, -0.2) is 15.0 Å². The van der Waals surface area contributed by atoms with Gasteiger partial charge in [0.15, 0.2) is 0 Å². The largest absolute Gasteiger partial charge is 0.539 e. The van der Waals surface area contributed by atoms with Crippen molar-refractivity contribution in [3.05, 3.63) is 72.6 Å². The van der Waals surface area contributed by atoms with Crippen LogP contribution in [0.25, 0.3) is 11.1 Å². The molecule has 1 atom stereocenters. The first-order chi connectivity index (χ1) is 18.9. The first kappa shape index (κ1) is 27.4. The lowest BCUT2D eigenvalue weighted by atomic mass is 10.1. The Morgan fingerprint density at radius 2 is 1.95 bits per heavy atom. The second-order valence-corrected chi connectivity index (χ2v) is 11.6. The van der Waals surface area contributed by atoms with Crippen LogP contribution in [-0.2, 0) is 17.0 Å². The topological polar surface area (TPSA) is 157 Å². The van der Waals surface area contributed by atoms with Crippen LogP contribution in [0.4, 0.5) is 11.6 Å². The van der Waals surface area contributed by atoms with Crippen LogP contribution in [0.3, 0.4) is 0 Å². The van der Waals surface area contributed by atoms with Crippen molar-refractivity contribution in [1.29, 1.82) is 5.26 Å². The number of aromatic nitrogens is 5. The van der Waals surface area contributed by atoms with E-state index in [1.807, 2.05) is 12.6 Å². The van der Waals surface area contributed by atoms with Crippen molar-refractivity contribution in [2.75, 3.05) is 24.6 Å². The van der Waals surface area contributed by atoms with Crippen molar-refractivity contribution in [1.82, 2.24) is 30.0 Å². The second-order valence-electron chi connectivity index (χ2n) is 8.28. The lowest BCUT2D eigenvalue weighted by Gasteiger charge is -2.15. The van der Waals surface area contributed by atoms with E-state index >= 15 is 0 Å². The Balaban J connectivity index is 1.47. The lowest BCUT2D eigenvalue weighted by Crippen LogP contribution is -2.26. The Morgan fingerprint density at radius 3 is 2.62 bits per heavy atom. The number of benzene rings is 2. The third-order valence-electron chi connectivity index (χ3n) is 5.37. The quantitative estimate of drug-likeness (QED) is 0.261. The molecule has 0 aliphatic rings. The van der Waals surface area contributed by atoms with E-state index in [4.69, 9.17) is 9.16 Å². The average molecular weight is 562 g/mol. The Labute approximate surface area is 229 Å². The molecule has 0 aliphatic heterocycles. The number of nitriles is 1. The fourth-order valence-corrected chi connectivity index (χ4v) is 5.07. The summed E-state index contributed by atoms with van der Waals surface area (Å²) in [6, 6.07) is 12.4.